The van der Waals surface area contributed by atoms with Crippen molar-refractivity contribution < 1.29 is 14.3 Å². The molecule has 0 radical (unpaired) electrons. The van der Waals surface area contributed by atoms with E-state index < -0.39 is 0 Å². The molecule has 1 saturated carbocycles. The van der Waals surface area contributed by atoms with E-state index >= 15 is 0 Å². The molecule has 2 amide bonds. The number of nitrogens with zero attached hydrogens (tertiary/aromatic N) is 3. The second-order valence-electron chi connectivity index (χ2n) is 9.04. The van der Waals surface area contributed by atoms with Gasteiger partial charge < -0.3 is 9.64 Å². The molecular weight excluding hydrogens is 446 g/mol. The predicted molar refractivity (Wildman–Crippen MR) is 134 cm³/mol. The van der Waals surface area contributed by atoms with E-state index in [4.69, 9.17) is 9.72 Å². The van der Waals surface area contributed by atoms with E-state index in [2.05, 4.69) is 12.1 Å². The molecule has 0 saturated heterocycles. The highest BCUT2D eigenvalue weighted by Gasteiger charge is 2.30. The lowest BCUT2D eigenvalue weighted by atomic mass is 9.94. The summed E-state index contributed by atoms with van der Waals surface area (Å²) in [5.74, 6) is 0.395. The van der Waals surface area contributed by atoms with Crippen molar-refractivity contribution in [2.75, 3.05) is 25.1 Å². The standard InChI is InChI=1S/C27H29N3O3S/c1-29(21-10-6-3-7-11-21)26(31)16-30-23-15-20(12-13-24(23)33-17-27(30)32)22-18-34-25(28-22)14-19-8-4-2-5-9-19/h2,4-5,8-9,12-13,15,18,21H,3,6-7,10-11,14,16-17H2,1H3. The molecule has 5 rings (SSSR count). The van der Waals surface area contributed by atoms with Gasteiger partial charge >= 0.3 is 0 Å². The molecule has 0 bridgehead atoms. The first-order valence-corrected chi connectivity index (χ1v) is 12.8. The van der Waals surface area contributed by atoms with E-state index in [9.17, 15) is 9.59 Å². The lowest BCUT2D eigenvalue weighted by Crippen LogP contribution is -2.48. The topological polar surface area (TPSA) is 62.7 Å². The lowest BCUT2D eigenvalue weighted by molar-refractivity contribution is -0.133. The van der Waals surface area contributed by atoms with E-state index in [1.807, 2.05) is 53.7 Å². The Labute approximate surface area is 204 Å². The van der Waals surface area contributed by atoms with E-state index in [-0.39, 0.29) is 31.0 Å². The van der Waals surface area contributed by atoms with Gasteiger partial charge in [0.1, 0.15) is 12.3 Å². The number of hydrogen-bond donors (Lipinski definition) is 0. The number of thiazole rings is 1. The van der Waals surface area contributed by atoms with E-state index in [0.717, 1.165) is 48.4 Å². The minimum Gasteiger partial charge on any atom is -0.482 e. The molecule has 176 valence electrons. The summed E-state index contributed by atoms with van der Waals surface area (Å²) < 4.78 is 5.67. The van der Waals surface area contributed by atoms with E-state index in [1.54, 1.807) is 16.2 Å². The normalized spacial score (nSPS) is 16.1. The first-order chi connectivity index (χ1) is 16.6. The molecule has 2 aromatic carbocycles. The van der Waals surface area contributed by atoms with Gasteiger partial charge in [-0.2, -0.15) is 0 Å². The Morgan fingerprint density at radius 1 is 1.15 bits per heavy atom. The second kappa shape index (κ2) is 9.97. The summed E-state index contributed by atoms with van der Waals surface area (Å²) in [6, 6.07) is 16.3. The van der Waals surface area contributed by atoms with Gasteiger partial charge in [-0.3, -0.25) is 14.5 Å². The fourth-order valence-corrected chi connectivity index (χ4v) is 5.59. The Balaban J connectivity index is 1.35. The maximum absolute atomic E-state index is 13.1. The van der Waals surface area contributed by atoms with Gasteiger partial charge in [0.05, 0.1) is 16.4 Å². The average molecular weight is 476 g/mol. The van der Waals surface area contributed by atoms with Crippen molar-refractivity contribution in [3.8, 4) is 17.0 Å². The zero-order valence-electron chi connectivity index (χ0n) is 19.4. The molecule has 6 nitrogen and oxygen atoms in total. The van der Waals surface area contributed by atoms with Crippen LogP contribution in [0.5, 0.6) is 5.75 Å². The van der Waals surface area contributed by atoms with Crippen LogP contribution >= 0.6 is 11.3 Å². The van der Waals surface area contributed by atoms with Crippen molar-refractivity contribution >= 4 is 28.8 Å². The number of amides is 2. The average Bonchev–Trinajstić information content (AvgIpc) is 3.34. The largest absolute Gasteiger partial charge is 0.482 e. The summed E-state index contributed by atoms with van der Waals surface area (Å²) in [5, 5.41) is 3.07. The van der Waals surface area contributed by atoms with Gasteiger partial charge in [-0.1, -0.05) is 49.6 Å². The quantitative estimate of drug-likeness (QED) is 0.508. The third-order valence-electron chi connectivity index (χ3n) is 6.76. The Morgan fingerprint density at radius 2 is 1.94 bits per heavy atom. The highest BCUT2D eigenvalue weighted by atomic mass is 32.1. The number of benzene rings is 2. The molecule has 7 heteroatoms. The number of aromatic nitrogens is 1. The Bertz CT molecular complexity index is 1170. The van der Waals surface area contributed by atoms with Gasteiger partial charge in [-0.25, -0.2) is 4.98 Å². The van der Waals surface area contributed by atoms with Gasteiger partial charge in [-0.15, -0.1) is 11.3 Å². The molecule has 1 aromatic heterocycles. The molecule has 2 aliphatic rings. The van der Waals surface area contributed by atoms with Crippen LogP contribution < -0.4 is 9.64 Å². The first kappa shape index (κ1) is 22.6. The maximum atomic E-state index is 13.1. The maximum Gasteiger partial charge on any atom is 0.265 e. The number of carbonyl (C=O) groups excluding carboxylic acids is 2. The van der Waals surface area contributed by atoms with Crippen molar-refractivity contribution in [1.29, 1.82) is 0 Å². The van der Waals surface area contributed by atoms with Crippen molar-refractivity contribution in [3.05, 3.63) is 64.5 Å². The zero-order valence-corrected chi connectivity index (χ0v) is 20.2. The highest BCUT2D eigenvalue weighted by Crippen LogP contribution is 2.36. The minimum absolute atomic E-state index is 0.0297. The number of hydrogen-bond acceptors (Lipinski definition) is 5. The van der Waals surface area contributed by atoms with Crippen molar-refractivity contribution in [2.45, 2.75) is 44.6 Å². The van der Waals surface area contributed by atoms with Crippen molar-refractivity contribution in [2.24, 2.45) is 0 Å². The summed E-state index contributed by atoms with van der Waals surface area (Å²) in [7, 11) is 1.87. The smallest absolute Gasteiger partial charge is 0.265 e. The number of fused-ring (bicyclic) bond motifs is 1. The molecule has 1 aliphatic carbocycles. The van der Waals surface area contributed by atoms with E-state index in [1.165, 1.54) is 12.0 Å². The van der Waals surface area contributed by atoms with Gasteiger partial charge in [0.2, 0.25) is 5.91 Å². The highest BCUT2D eigenvalue weighted by molar-refractivity contribution is 7.10. The fourth-order valence-electron chi connectivity index (χ4n) is 4.75. The van der Waals surface area contributed by atoms with Crippen LogP contribution in [0.4, 0.5) is 5.69 Å². The third-order valence-corrected chi connectivity index (χ3v) is 7.61. The van der Waals surface area contributed by atoms with Crippen LogP contribution in [0.25, 0.3) is 11.3 Å². The van der Waals surface area contributed by atoms with Gasteiger partial charge in [0, 0.05) is 30.5 Å². The van der Waals surface area contributed by atoms with Crippen LogP contribution in [0.3, 0.4) is 0 Å². The number of likely N-dealkylation sites (N-methyl/N-ethyl adjacent to an activating group) is 1. The molecule has 0 unspecified atom stereocenters. The van der Waals surface area contributed by atoms with Crippen molar-refractivity contribution in [3.63, 3.8) is 0 Å². The second-order valence-corrected chi connectivity index (χ2v) is 9.98. The monoisotopic (exact) mass is 475 g/mol. The number of carbonyl (C=O) groups is 2. The van der Waals surface area contributed by atoms with Crippen LogP contribution in [-0.2, 0) is 16.0 Å². The molecule has 3 aromatic rings. The van der Waals surface area contributed by atoms with E-state index in [0.29, 0.717) is 11.4 Å². The zero-order chi connectivity index (χ0) is 23.5. The summed E-state index contributed by atoms with van der Waals surface area (Å²) in [6.45, 7) is -0.0212. The molecule has 0 atom stereocenters. The Morgan fingerprint density at radius 3 is 2.74 bits per heavy atom. The SMILES string of the molecule is CN(C(=O)CN1C(=O)COc2ccc(-c3csc(Cc4ccccc4)n3)cc21)C1CCCCC1. The molecular formula is C27H29N3O3S. The van der Waals surface area contributed by atoms with Crippen LogP contribution in [0, 0.1) is 0 Å². The van der Waals surface area contributed by atoms with Gasteiger partial charge in [-0.05, 0) is 36.6 Å². The summed E-state index contributed by atoms with van der Waals surface area (Å²) in [4.78, 5) is 34.1. The van der Waals surface area contributed by atoms with Gasteiger partial charge in [0.25, 0.3) is 5.91 Å². The number of rotatable bonds is 6. The molecule has 0 spiro atoms. The minimum atomic E-state index is -0.196. The molecule has 2 heterocycles. The lowest BCUT2D eigenvalue weighted by Gasteiger charge is -2.34. The number of anilines is 1. The Hall–Kier alpha value is -3.19. The molecule has 1 fully saturated rings. The van der Waals surface area contributed by atoms with Crippen LogP contribution in [-0.4, -0.2) is 47.9 Å². The molecule has 0 N–H and O–H groups in total. The summed E-state index contributed by atoms with van der Waals surface area (Å²) in [6.07, 6.45) is 6.41. The van der Waals surface area contributed by atoms with Crippen LogP contribution in [0.1, 0.15) is 42.7 Å². The Kier molecular flexibility index (Phi) is 6.63. The van der Waals surface area contributed by atoms with Crippen molar-refractivity contribution in [1.82, 2.24) is 9.88 Å². The molecule has 34 heavy (non-hydrogen) atoms. The third kappa shape index (κ3) is 4.85. The fraction of sp³-hybridized carbons (Fsp3) is 0.370. The molecule has 1 aliphatic heterocycles. The van der Waals surface area contributed by atoms with Crippen LogP contribution in [0.15, 0.2) is 53.9 Å². The first-order valence-electron chi connectivity index (χ1n) is 11.9. The summed E-state index contributed by atoms with van der Waals surface area (Å²) in [5.41, 5.74) is 3.63. The summed E-state index contributed by atoms with van der Waals surface area (Å²) >= 11 is 1.62. The van der Waals surface area contributed by atoms with Gasteiger partial charge in [0.15, 0.2) is 6.61 Å². The number of ether oxygens (including phenoxy) is 1. The predicted octanol–water partition coefficient (Wildman–Crippen LogP) is 4.92. The van der Waals surface area contributed by atoms with Crippen LogP contribution in [0.2, 0.25) is 0 Å².